The first-order valence-electron chi connectivity index (χ1n) is 6.34. The molecule has 0 aliphatic heterocycles. The highest BCUT2D eigenvalue weighted by Crippen LogP contribution is 2.32. The molecule has 0 bridgehead atoms. The summed E-state index contributed by atoms with van der Waals surface area (Å²) < 4.78 is 26.7. The van der Waals surface area contributed by atoms with Crippen molar-refractivity contribution in [3.63, 3.8) is 0 Å². The number of nitrogens with zero attached hydrogens (tertiary/aromatic N) is 1. The average molecular weight is 281 g/mol. The molecule has 104 valence electrons. The lowest BCUT2D eigenvalue weighted by molar-refractivity contribution is 0.280. The van der Waals surface area contributed by atoms with Crippen molar-refractivity contribution in [1.29, 1.82) is 0 Å². The quantitative estimate of drug-likeness (QED) is 0.809. The Morgan fingerprint density at radius 3 is 2.68 bits per heavy atom. The molecule has 1 aliphatic rings. The summed E-state index contributed by atoms with van der Waals surface area (Å²) in [6, 6.07) is 4.99. The zero-order valence-corrected chi connectivity index (χ0v) is 11.9. The van der Waals surface area contributed by atoms with E-state index in [1.54, 1.807) is 24.3 Å². The van der Waals surface area contributed by atoms with Gasteiger partial charge in [-0.05, 0) is 43.0 Å². The van der Waals surface area contributed by atoms with E-state index < -0.39 is 10.0 Å². The van der Waals surface area contributed by atoms with E-state index in [1.807, 2.05) is 6.92 Å². The molecule has 4 nitrogen and oxygen atoms in total. The second-order valence-corrected chi connectivity index (χ2v) is 6.73. The molecule has 1 aromatic carbocycles. The molecule has 1 saturated carbocycles. The van der Waals surface area contributed by atoms with Gasteiger partial charge in [0.1, 0.15) is 0 Å². The highest BCUT2D eigenvalue weighted by atomic mass is 32.2. The molecular weight excluding hydrogens is 262 g/mol. The maximum absolute atomic E-state index is 12.6. The van der Waals surface area contributed by atoms with Crippen LogP contribution >= 0.6 is 0 Å². The summed E-state index contributed by atoms with van der Waals surface area (Å²) in [5.41, 5.74) is 1.54. The van der Waals surface area contributed by atoms with Crippen molar-refractivity contribution in [2.45, 2.75) is 37.3 Å². The summed E-state index contributed by atoms with van der Waals surface area (Å²) in [5, 5.41) is 9.25. The van der Waals surface area contributed by atoms with E-state index in [2.05, 4.69) is 6.58 Å². The number of aliphatic hydroxyl groups is 1. The zero-order valence-electron chi connectivity index (χ0n) is 11.0. The van der Waals surface area contributed by atoms with Gasteiger partial charge in [-0.3, -0.25) is 0 Å². The van der Waals surface area contributed by atoms with Gasteiger partial charge < -0.3 is 5.11 Å². The molecule has 0 spiro atoms. The molecule has 0 aromatic heterocycles. The number of rotatable bonds is 6. The van der Waals surface area contributed by atoms with E-state index >= 15 is 0 Å². The van der Waals surface area contributed by atoms with Gasteiger partial charge in [-0.2, -0.15) is 4.31 Å². The molecule has 0 atom stereocenters. The van der Waals surface area contributed by atoms with Gasteiger partial charge in [-0.15, -0.1) is 6.58 Å². The van der Waals surface area contributed by atoms with Crippen molar-refractivity contribution in [3.05, 3.63) is 42.0 Å². The van der Waals surface area contributed by atoms with Gasteiger partial charge >= 0.3 is 0 Å². The molecule has 2 rings (SSSR count). The van der Waals surface area contributed by atoms with Crippen molar-refractivity contribution in [2.24, 2.45) is 0 Å². The standard InChI is InChI=1S/C14H19NO3S/c1-3-8-15(13-5-6-13)19(17,18)14-7-4-11(2)12(9-14)10-16/h3-4,7,9,13,16H,1,5-6,8,10H2,2H3. The van der Waals surface area contributed by atoms with Gasteiger partial charge in [-0.25, -0.2) is 8.42 Å². The fraction of sp³-hybridized carbons (Fsp3) is 0.429. The molecule has 5 heteroatoms. The molecule has 1 aromatic rings. The largest absolute Gasteiger partial charge is 0.392 e. The Balaban J connectivity index is 2.39. The summed E-state index contributed by atoms with van der Waals surface area (Å²) >= 11 is 0. The number of benzene rings is 1. The fourth-order valence-corrected chi connectivity index (χ4v) is 3.75. The van der Waals surface area contributed by atoms with Gasteiger partial charge in [0.15, 0.2) is 0 Å². The fourth-order valence-electron chi connectivity index (χ4n) is 2.05. The summed E-state index contributed by atoms with van der Waals surface area (Å²) in [6.45, 7) is 5.65. The lowest BCUT2D eigenvalue weighted by Gasteiger charge is -2.20. The number of sulfonamides is 1. The number of aliphatic hydroxyl groups excluding tert-OH is 1. The van der Waals surface area contributed by atoms with Crippen molar-refractivity contribution in [1.82, 2.24) is 4.31 Å². The molecule has 0 unspecified atom stereocenters. The van der Waals surface area contributed by atoms with Gasteiger partial charge in [0.2, 0.25) is 10.0 Å². The molecule has 0 amide bonds. The van der Waals surface area contributed by atoms with Crippen molar-refractivity contribution < 1.29 is 13.5 Å². The summed E-state index contributed by atoms with van der Waals surface area (Å²) in [5.74, 6) is 0. The lowest BCUT2D eigenvalue weighted by atomic mass is 10.1. The van der Waals surface area contributed by atoms with E-state index in [1.165, 1.54) is 4.31 Å². The normalized spacial score (nSPS) is 15.7. The number of hydrogen-bond donors (Lipinski definition) is 1. The highest BCUT2D eigenvalue weighted by molar-refractivity contribution is 7.89. The molecule has 1 N–H and O–H groups in total. The van der Waals surface area contributed by atoms with Gasteiger partial charge in [0.25, 0.3) is 0 Å². The maximum atomic E-state index is 12.6. The third kappa shape index (κ3) is 2.88. The summed E-state index contributed by atoms with van der Waals surface area (Å²) in [7, 11) is -3.50. The van der Waals surface area contributed by atoms with Gasteiger partial charge in [0, 0.05) is 12.6 Å². The molecule has 0 heterocycles. The van der Waals surface area contributed by atoms with Crippen molar-refractivity contribution >= 4 is 10.0 Å². The minimum absolute atomic E-state index is 0.0990. The van der Waals surface area contributed by atoms with Crippen LogP contribution in [0.3, 0.4) is 0 Å². The molecular formula is C14H19NO3S. The first kappa shape index (κ1) is 14.2. The highest BCUT2D eigenvalue weighted by Gasteiger charge is 2.37. The Bertz CT molecular complexity index is 576. The summed E-state index contributed by atoms with van der Waals surface area (Å²) in [4.78, 5) is 0.246. The average Bonchev–Trinajstić information content (AvgIpc) is 3.20. The van der Waals surface area contributed by atoms with Crippen LogP contribution < -0.4 is 0 Å². The van der Waals surface area contributed by atoms with Crippen LogP contribution in [0.25, 0.3) is 0 Å². The Morgan fingerprint density at radius 1 is 1.47 bits per heavy atom. The third-order valence-electron chi connectivity index (χ3n) is 3.36. The second-order valence-electron chi connectivity index (χ2n) is 4.84. The first-order chi connectivity index (χ1) is 9.00. The SMILES string of the molecule is C=CCN(C1CC1)S(=O)(=O)c1ccc(C)c(CO)c1. The molecule has 19 heavy (non-hydrogen) atoms. The van der Waals surface area contributed by atoms with E-state index in [0.717, 1.165) is 18.4 Å². The smallest absolute Gasteiger partial charge is 0.243 e. The zero-order chi connectivity index (χ0) is 14.0. The predicted molar refractivity (Wildman–Crippen MR) is 74.2 cm³/mol. The number of aryl methyl sites for hydroxylation is 1. The van der Waals surface area contributed by atoms with E-state index in [0.29, 0.717) is 12.1 Å². The van der Waals surface area contributed by atoms with Crippen molar-refractivity contribution in [2.75, 3.05) is 6.54 Å². The van der Waals surface area contributed by atoms with Gasteiger partial charge in [0.05, 0.1) is 11.5 Å². The van der Waals surface area contributed by atoms with E-state index in [-0.39, 0.29) is 17.5 Å². The van der Waals surface area contributed by atoms with E-state index in [9.17, 15) is 13.5 Å². The Morgan fingerprint density at radius 2 is 2.16 bits per heavy atom. The van der Waals surface area contributed by atoms with Crippen LogP contribution in [-0.4, -0.2) is 30.4 Å². The topological polar surface area (TPSA) is 57.6 Å². The van der Waals surface area contributed by atoms with Crippen molar-refractivity contribution in [3.8, 4) is 0 Å². The molecule has 0 saturated heterocycles. The van der Waals surface area contributed by atoms with Crippen LogP contribution in [0, 0.1) is 6.92 Å². The molecule has 1 fully saturated rings. The van der Waals surface area contributed by atoms with Gasteiger partial charge in [-0.1, -0.05) is 12.1 Å². The third-order valence-corrected chi connectivity index (χ3v) is 5.28. The Hall–Kier alpha value is -1.17. The Labute approximate surface area is 114 Å². The Kier molecular flexibility index (Phi) is 4.08. The number of hydrogen-bond acceptors (Lipinski definition) is 3. The lowest BCUT2D eigenvalue weighted by Crippen LogP contribution is -2.33. The van der Waals surface area contributed by atoms with Crippen LogP contribution in [0.2, 0.25) is 0 Å². The molecule has 1 aliphatic carbocycles. The monoisotopic (exact) mass is 281 g/mol. The maximum Gasteiger partial charge on any atom is 0.243 e. The van der Waals surface area contributed by atoms with Crippen LogP contribution in [0.4, 0.5) is 0 Å². The minimum atomic E-state index is -3.50. The second kappa shape index (κ2) is 5.45. The minimum Gasteiger partial charge on any atom is -0.392 e. The van der Waals surface area contributed by atoms with Crippen LogP contribution in [0.1, 0.15) is 24.0 Å². The first-order valence-corrected chi connectivity index (χ1v) is 7.78. The van der Waals surface area contributed by atoms with Crippen LogP contribution in [0.5, 0.6) is 0 Å². The summed E-state index contributed by atoms with van der Waals surface area (Å²) in [6.07, 6.45) is 3.43. The van der Waals surface area contributed by atoms with E-state index in [4.69, 9.17) is 0 Å². The van der Waals surface area contributed by atoms with Crippen LogP contribution in [-0.2, 0) is 16.6 Å². The predicted octanol–water partition coefficient (Wildman–Crippen LogP) is 1.83. The van der Waals surface area contributed by atoms with Crippen LogP contribution in [0.15, 0.2) is 35.7 Å². The molecule has 0 radical (unpaired) electrons.